The van der Waals surface area contributed by atoms with Crippen LogP contribution in [0.2, 0.25) is 0 Å². The lowest BCUT2D eigenvalue weighted by molar-refractivity contribution is 0.623. The van der Waals surface area contributed by atoms with Crippen molar-refractivity contribution in [2.24, 2.45) is 0 Å². The number of aryl methyl sites for hydroxylation is 1. The van der Waals surface area contributed by atoms with Crippen LogP contribution in [0.1, 0.15) is 28.9 Å². The molecule has 2 aliphatic carbocycles. The predicted octanol–water partition coefficient (Wildman–Crippen LogP) is 10.7. The van der Waals surface area contributed by atoms with Gasteiger partial charge in [-0.05, 0) is 79.3 Å². The summed E-state index contributed by atoms with van der Waals surface area (Å²) in [5.41, 5.74) is 14.9. The molecule has 0 N–H and O–H groups in total. The van der Waals surface area contributed by atoms with E-state index in [1.165, 1.54) is 77.8 Å². The molecule has 0 bridgehead atoms. The van der Waals surface area contributed by atoms with Crippen LogP contribution in [0.3, 0.4) is 0 Å². The molecule has 2 aliphatic rings. The Morgan fingerprint density at radius 1 is 0.556 bits per heavy atom. The van der Waals surface area contributed by atoms with Gasteiger partial charge in [-0.1, -0.05) is 91.0 Å². The van der Waals surface area contributed by atoms with E-state index in [2.05, 4.69) is 143 Å². The van der Waals surface area contributed by atoms with Crippen molar-refractivity contribution in [1.82, 2.24) is 9.13 Å². The van der Waals surface area contributed by atoms with Crippen molar-refractivity contribution < 1.29 is 4.42 Å². The van der Waals surface area contributed by atoms with Gasteiger partial charge in [0.1, 0.15) is 11.3 Å². The van der Waals surface area contributed by atoms with Crippen molar-refractivity contribution in [3.8, 4) is 33.8 Å². The minimum absolute atomic E-state index is 0.951. The molecule has 214 valence electrons. The minimum atomic E-state index is 0.951. The molecule has 0 radical (unpaired) electrons. The van der Waals surface area contributed by atoms with Gasteiger partial charge in [0.05, 0.1) is 16.4 Å². The van der Waals surface area contributed by atoms with Gasteiger partial charge in [0.15, 0.2) is 0 Å². The number of para-hydroxylation sites is 2. The number of aromatic nitrogens is 2. The molecule has 5 aromatic carbocycles. The van der Waals surface area contributed by atoms with Crippen molar-refractivity contribution in [3.63, 3.8) is 0 Å². The third-order valence-corrected chi connectivity index (χ3v) is 9.90. The summed E-state index contributed by atoms with van der Waals surface area (Å²) in [6.45, 7) is 0. The average molecular weight is 579 g/mol. The van der Waals surface area contributed by atoms with Crippen LogP contribution in [0.4, 0.5) is 0 Å². The van der Waals surface area contributed by atoms with Crippen LogP contribution in [0.5, 0.6) is 0 Å². The highest BCUT2D eigenvalue weighted by molar-refractivity contribution is 6.13. The number of allylic oxidation sites excluding steroid dienone is 1. The molecular formula is C42H30N2O. The standard InChI is InChI=1S/C42H30N2O/c1-3-12-27(13-4-1)28-14-11-17-30(26-28)44-36-21-10-8-19-34(36)40-38(44)25-23-32-31-22-24-37-39(41(31)45-42(32)40)33-18-7-9-20-35(33)43(37)29-15-5-2-6-16-29/h1-8,10-19,21-22,24,26H,9,20,23,25H2. The number of hydrogen-bond acceptors (Lipinski definition) is 1. The molecule has 45 heavy (non-hydrogen) atoms. The van der Waals surface area contributed by atoms with Gasteiger partial charge in [-0.15, -0.1) is 0 Å². The summed E-state index contributed by atoms with van der Waals surface area (Å²) < 4.78 is 12.1. The third kappa shape index (κ3) is 3.52. The third-order valence-electron chi connectivity index (χ3n) is 9.90. The maximum absolute atomic E-state index is 7.14. The number of rotatable bonds is 3. The Kier molecular flexibility index (Phi) is 5.23. The lowest BCUT2D eigenvalue weighted by Crippen LogP contribution is -2.07. The van der Waals surface area contributed by atoms with Crippen molar-refractivity contribution in [2.45, 2.75) is 25.7 Å². The number of benzene rings is 5. The second-order valence-electron chi connectivity index (χ2n) is 12.3. The van der Waals surface area contributed by atoms with E-state index in [0.717, 1.165) is 37.0 Å². The van der Waals surface area contributed by atoms with Crippen LogP contribution in [-0.2, 0) is 19.3 Å². The molecule has 0 fully saturated rings. The molecule has 0 spiro atoms. The highest BCUT2D eigenvalue weighted by Gasteiger charge is 2.31. The molecule has 3 heteroatoms. The van der Waals surface area contributed by atoms with E-state index in [1.807, 2.05) is 0 Å². The summed E-state index contributed by atoms with van der Waals surface area (Å²) in [5.74, 6) is 1.04. The van der Waals surface area contributed by atoms with Crippen molar-refractivity contribution in [1.29, 1.82) is 0 Å². The number of fused-ring (bicyclic) bond motifs is 11. The monoisotopic (exact) mass is 578 g/mol. The van der Waals surface area contributed by atoms with Crippen molar-refractivity contribution in [2.75, 3.05) is 0 Å². The lowest BCUT2D eigenvalue weighted by Gasteiger charge is -2.17. The Labute approximate surface area is 261 Å². The van der Waals surface area contributed by atoms with Gasteiger partial charge in [-0.3, -0.25) is 0 Å². The van der Waals surface area contributed by atoms with Gasteiger partial charge in [-0.25, -0.2) is 0 Å². The SMILES string of the molecule is C1=Cc2c(n(-c3ccccc3)c3ccc4c5c(oc4c23)-c2c(n(-c3cccc(-c4ccccc4)c3)c3ccccc23)CC5)CC1. The second-order valence-corrected chi connectivity index (χ2v) is 12.3. The first-order chi connectivity index (χ1) is 22.3. The zero-order valence-electron chi connectivity index (χ0n) is 24.8. The molecule has 8 aromatic rings. The smallest absolute Gasteiger partial charge is 0.145 e. The van der Waals surface area contributed by atoms with Crippen molar-refractivity contribution in [3.05, 3.63) is 150 Å². The summed E-state index contributed by atoms with van der Waals surface area (Å²) in [4.78, 5) is 0. The van der Waals surface area contributed by atoms with Crippen LogP contribution in [0.25, 0.3) is 72.7 Å². The van der Waals surface area contributed by atoms with Crippen molar-refractivity contribution >= 4 is 38.9 Å². The van der Waals surface area contributed by atoms with E-state index in [1.54, 1.807) is 0 Å². The molecule has 3 heterocycles. The molecular weight excluding hydrogens is 548 g/mol. The fraction of sp³-hybridized carbons (Fsp3) is 0.0952. The Balaban J connectivity index is 1.24. The maximum Gasteiger partial charge on any atom is 0.145 e. The Hall–Kier alpha value is -5.54. The van der Waals surface area contributed by atoms with Gasteiger partial charge in [0, 0.05) is 50.2 Å². The van der Waals surface area contributed by atoms with Crippen LogP contribution in [-0.4, -0.2) is 9.13 Å². The maximum atomic E-state index is 7.14. The molecule has 0 unspecified atom stereocenters. The van der Waals surface area contributed by atoms with Gasteiger partial charge in [-0.2, -0.15) is 0 Å². The quantitative estimate of drug-likeness (QED) is 0.204. The normalized spacial score (nSPS) is 13.8. The summed E-state index contributed by atoms with van der Waals surface area (Å²) in [7, 11) is 0. The summed E-state index contributed by atoms with van der Waals surface area (Å²) in [6.07, 6.45) is 8.63. The van der Waals surface area contributed by atoms with E-state index in [-0.39, 0.29) is 0 Å². The fourth-order valence-electron chi connectivity index (χ4n) is 8.00. The molecule has 3 nitrogen and oxygen atoms in total. The van der Waals surface area contributed by atoms with E-state index >= 15 is 0 Å². The van der Waals surface area contributed by atoms with Crippen LogP contribution in [0.15, 0.2) is 132 Å². The first-order valence-electron chi connectivity index (χ1n) is 16.0. The largest absolute Gasteiger partial charge is 0.455 e. The molecule has 0 saturated heterocycles. The molecule has 3 aromatic heterocycles. The lowest BCUT2D eigenvalue weighted by atomic mass is 9.92. The average Bonchev–Trinajstić information content (AvgIpc) is 3.76. The number of nitrogens with zero attached hydrogens (tertiary/aromatic N) is 2. The highest BCUT2D eigenvalue weighted by atomic mass is 16.3. The molecule has 0 atom stereocenters. The molecule has 0 amide bonds. The van der Waals surface area contributed by atoms with Gasteiger partial charge >= 0.3 is 0 Å². The van der Waals surface area contributed by atoms with Gasteiger partial charge in [0.25, 0.3) is 0 Å². The summed E-state index contributed by atoms with van der Waals surface area (Å²) >= 11 is 0. The van der Waals surface area contributed by atoms with E-state index < -0.39 is 0 Å². The first kappa shape index (κ1) is 24.9. The highest BCUT2D eigenvalue weighted by Crippen LogP contribution is 2.48. The van der Waals surface area contributed by atoms with E-state index in [0.29, 0.717) is 0 Å². The van der Waals surface area contributed by atoms with E-state index in [4.69, 9.17) is 4.42 Å². The number of hydrogen-bond donors (Lipinski definition) is 0. The molecule has 10 rings (SSSR count). The molecule has 0 saturated carbocycles. The first-order valence-corrected chi connectivity index (χ1v) is 16.0. The zero-order chi connectivity index (χ0) is 29.5. The van der Waals surface area contributed by atoms with E-state index in [9.17, 15) is 0 Å². The van der Waals surface area contributed by atoms with Gasteiger partial charge < -0.3 is 13.6 Å². The predicted molar refractivity (Wildman–Crippen MR) is 186 cm³/mol. The van der Waals surface area contributed by atoms with Crippen LogP contribution < -0.4 is 0 Å². The summed E-state index contributed by atoms with van der Waals surface area (Å²) in [5, 5.41) is 3.73. The Morgan fingerprint density at radius 2 is 1.31 bits per heavy atom. The summed E-state index contributed by atoms with van der Waals surface area (Å²) in [6, 6.07) is 43.8. The second kappa shape index (κ2) is 9.48. The number of furan rings is 1. The zero-order valence-corrected chi connectivity index (χ0v) is 24.8. The fourth-order valence-corrected chi connectivity index (χ4v) is 8.00. The molecule has 0 aliphatic heterocycles. The van der Waals surface area contributed by atoms with Crippen LogP contribution in [0, 0.1) is 0 Å². The Morgan fingerprint density at radius 3 is 2.20 bits per heavy atom. The van der Waals surface area contributed by atoms with Crippen LogP contribution >= 0.6 is 0 Å². The van der Waals surface area contributed by atoms with Gasteiger partial charge in [0.2, 0.25) is 0 Å². The topological polar surface area (TPSA) is 23.0 Å². The Bertz CT molecular complexity index is 2470. The minimum Gasteiger partial charge on any atom is -0.455 e.